The molecule has 0 aliphatic heterocycles. The molecule has 0 spiro atoms. The van der Waals surface area contributed by atoms with Gasteiger partial charge in [0.15, 0.2) is 0 Å². The second-order valence-corrected chi connectivity index (χ2v) is 5.22. The van der Waals surface area contributed by atoms with Crippen LogP contribution in [0.5, 0.6) is 5.75 Å². The molecule has 112 valence electrons. The van der Waals surface area contributed by atoms with Crippen molar-refractivity contribution in [2.45, 2.75) is 25.9 Å². The lowest BCUT2D eigenvalue weighted by Gasteiger charge is -2.13. The van der Waals surface area contributed by atoms with E-state index in [0.717, 1.165) is 17.0 Å². The van der Waals surface area contributed by atoms with Gasteiger partial charge in [-0.2, -0.15) is 0 Å². The molecule has 0 bridgehead atoms. The van der Waals surface area contributed by atoms with Crippen molar-refractivity contribution >= 4 is 5.91 Å². The van der Waals surface area contributed by atoms with Crippen molar-refractivity contribution in [3.05, 3.63) is 53.3 Å². The Bertz CT molecular complexity index is 617. The van der Waals surface area contributed by atoms with E-state index in [9.17, 15) is 9.90 Å². The first-order valence-corrected chi connectivity index (χ1v) is 6.90. The Labute approximate surface area is 124 Å². The number of nitrogens with two attached hydrogens (primary N) is 1. The molecular weight excluding hydrogens is 266 g/mol. The quantitative estimate of drug-likeness (QED) is 0.773. The van der Waals surface area contributed by atoms with Crippen LogP contribution in [0.1, 0.15) is 17.0 Å². The zero-order valence-corrected chi connectivity index (χ0v) is 12.3. The minimum absolute atomic E-state index is 0.179. The number of benzene rings is 1. The van der Waals surface area contributed by atoms with Crippen LogP contribution in [-0.4, -0.2) is 21.6 Å². The predicted octanol–water partition coefficient (Wildman–Crippen LogP) is 1.23. The number of aromatic hydroxyl groups is 1. The predicted molar refractivity (Wildman–Crippen MR) is 81.8 cm³/mol. The van der Waals surface area contributed by atoms with Crippen LogP contribution in [0.3, 0.4) is 0 Å². The summed E-state index contributed by atoms with van der Waals surface area (Å²) >= 11 is 0. The summed E-state index contributed by atoms with van der Waals surface area (Å²) < 4.78 is 2.03. The monoisotopic (exact) mass is 287 g/mol. The first-order valence-electron chi connectivity index (χ1n) is 6.90. The number of carbonyl (C=O) groups is 1. The van der Waals surface area contributed by atoms with E-state index in [4.69, 9.17) is 5.73 Å². The van der Waals surface area contributed by atoms with Crippen LogP contribution in [0.4, 0.5) is 0 Å². The smallest absolute Gasteiger partial charge is 0.237 e. The van der Waals surface area contributed by atoms with Crippen LogP contribution in [0.15, 0.2) is 36.4 Å². The van der Waals surface area contributed by atoms with E-state index in [0.29, 0.717) is 13.0 Å². The molecule has 1 aromatic carbocycles. The molecule has 0 radical (unpaired) electrons. The van der Waals surface area contributed by atoms with Crippen molar-refractivity contribution in [3.63, 3.8) is 0 Å². The Morgan fingerprint density at radius 2 is 1.95 bits per heavy atom. The molecule has 21 heavy (non-hydrogen) atoms. The van der Waals surface area contributed by atoms with Gasteiger partial charge in [-0.05, 0) is 43.2 Å². The Kier molecular flexibility index (Phi) is 4.65. The summed E-state index contributed by atoms with van der Waals surface area (Å²) in [4.78, 5) is 12.0. The fourth-order valence-corrected chi connectivity index (χ4v) is 2.13. The number of carbonyl (C=O) groups excluding carboxylic acids is 1. The maximum absolute atomic E-state index is 12.0. The van der Waals surface area contributed by atoms with Gasteiger partial charge in [-0.15, -0.1) is 0 Å². The van der Waals surface area contributed by atoms with Crippen LogP contribution in [0, 0.1) is 6.92 Å². The van der Waals surface area contributed by atoms with Crippen LogP contribution >= 0.6 is 0 Å². The van der Waals surface area contributed by atoms with Crippen molar-refractivity contribution in [2.24, 2.45) is 12.8 Å². The second-order valence-electron chi connectivity index (χ2n) is 5.22. The van der Waals surface area contributed by atoms with Crippen molar-refractivity contribution in [2.75, 3.05) is 0 Å². The average Bonchev–Trinajstić information content (AvgIpc) is 2.78. The Balaban J connectivity index is 1.88. The highest BCUT2D eigenvalue weighted by Gasteiger charge is 2.14. The maximum Gasteiger partial charge on any atom is 0.237 e. The summed E-state index contributed by atoms with van der Waals surface area (Å²) in [6.07, 6.45) is 0.443. The summed E-state index contributed by atoms with van der Waals surface area (Å²) in [5.74, 6) is 0.0257. The van der Waals surface area contributed by atoms with Gasteiger partial charge in [-0.25, -0.2) is 0 Å². The molecule has 5 nitrogen and oxygen atoms in total. The van der Waals surface area contributed by atoms with Crippen molar-refractivity contribution in [1.82, 2.24) is 9.88 Å². The largest absolute Gasteiger partial charge is 0.508 e. The molecule has 4 N–H and O–H groups in total. The number of aromatic nitrogens is 1. The van der Waals surface area contributed by atoms with Gasteiger partial charge >= 0.3 is 0 Å². The zero-order chi connectivity index (χ0) is 15.4. The van der Waals surface area contributed by atoms with Gasteiger partial charge in [-0.1, -0.05) is 12.1 Å². The Morgan fingerprint density at radius 1 is 1.29 bits per heavy atom. The van der Waals surface area contributed by atoms with Gasteiger partial charge in [0, 0.05) is 18.4 Å². The van der Waals surface area contributed by atoms with Crippen LogP contribution in [-0.2, 0) is 24.8 Å². The molecule has 1 heterocycles. The number of hydrogen-bond donors (Lipinski definition) is 3. The number of nitrogens with zero attached hydrogens (tertiary/aromatic N) is 1. The highest BCUT2D eigenvalue weighted by atomic mass is 16.3. The lowest BCUT2D eigenvalue weighted by atomic mass is 10.1. The third-order valence-electron chi connectivity index (χ3n) is 3.65. The van der Waals surface area contributed by atoms with Crippen molar-refractivity contribution < 1.29 is 9.90 Å². The fraction of sp³-hybridized carbons (Fsp3) is 0.312. The molecule has 1 atom stereocenters. The average molecular weight is 287 g/mol. The topological polar surface area (TPSA) is 80.3 Å². The van der Waals surface area contributed by atoms with E-state index in [1.54, 1.807) is 24.3 Å². The normalized spacial score (nSPS) is 12.1. The number of phenolic OH excluding ortho intramolecular Hbond substituents is 1. The van der Waals surface area contributed by atoms with Gasteiger partial charge in [-0.3, -0.25) is 4.79 Å². The lowest BCUT2D eigenvalue weighted by Crippen LogP contribution is -2.41. The van der Waals surface area contributed by atoms with Crippen LogP contribution < -0.4 is 11.1 Å². The number of phenols is 1. The number of aryl methyl sites for hydroxylation is 1. The molecule has 0 aliphatic carbocycles. The highest BCUT2D eigenvalue weighted by molar-refractivity contribution is 5.81. The zero-order valence-electron chi connectivity index (χ0n) is 12.3. The number of hydrogen-bond acceptors (Lipinski definition) is 3. The number of amides is 1. The summed E-state index contributed by atoms with van der Waals surface area (Å²) in [6, 6.07) is 10.1. The highest BCUT2D eigenvalue weighted by Crippen LogP contribution is 2.11. The minimum Gasteiger partial charge on any atom is -0.508 e. The van der Waals surface area contributed by atoms with Crippen molar-refractivity contribution in [1.29, 1.82) is 0 Å². The summed E-state index contributed by atoms with van der Waals surface area (Å²) in [5.41, 5.74) is 9.02. The van der Waals surface area contributed by atoms with E-state index < -0.39 is 6.04 Å². The van der Waals surface area contributed by atoms with Gasteiger partial charge in [0.2, 0.25) is 5.91 Å². The molecule has 0 aliphatic rings. The van der Waals surface area contributed by atoms with Crippen LogP contribution in [0.25, 0.3) is 0 Å². The van der Waals surface area contributed by atoms with Gasteiger partial charge in [0.05, 0.1) is 12.6 Å². The molecule has 1 aromatic heterocycles. The molecular formula is C16H21N3O2. The first-order chi connectivity index (χ1) is 9.97. The fourth-order valence-electron chi connectivity index (χ4n) is 2.13. The van der Waals surface area contributed by atoms with E-state index >= 15 is 0 Å². The van der Waals surface area contributed by atoms with E-state index in [1.807, 2.05) is 30.7 Å². The molecule has 0 saturated carbocycles. The Morgan fingerprint density at radius 3 is 2.52 bits per heavy atom. The molecule has 1 unspecified atom stereocenters. The third-order valence-corrected chi connectivity index (χ3v) is 3.65. The molecule has 0 saturated heterocycles. The van der Waals surface area contributed by atoms with Gasteiger partial charge in [0.1, 0.15) is 5.75 Å². The van der Waals surface area contributed by atoms with E-state index in [1.165, 1.54) is 0 Å². The maximum atomic E-state index is 12.0. The molecule has 1 amide bonds. The van der Waals surface area contributed by atoms with Crippen LogP contribution in [0.2, 0.25) is 0 Å². The minimum atomic E-state index is -0.601. The molecule has 2 rings (SSSR count). The Hall–Kier alpha value is -2.27. The lowest BCUT2D eigenvalue weighted by molar-refractivity contribution is -0.122. The summed E-state index contributed by atoms with van der Waals surface area (Å²) in [5, 5.41) is 12.1. The standard InChI is InChI=1S/C16H21N3O2/c1-11-3-6-13(19(11)2)10-18-16(21)15(17)9-12-4-7-14(20)8-5-12/h3-8,15,20H,9-10,17H2,1-2H3,(H,18,21). The number of rotatable bonds is 5. The second kappa shape index (κ2) is 6.45. The summed E-state index contributed by atoms with van der Waals surface area (Å²) in [6.45, 7) is 2.48. The SMILES string of the molecule is Cc1ccc(CNC(=O)C(N)Cc2ccc(O)cc2)n1C. The van der Waals surface area contributed by atoms with Crippen molar-refractivity contribution in [3.8, 4) is 5.75 Å². The van der Waals surface area contributed by atoms with Gasteiger partial charge < -0.3 is 20.7 Å². The van der Waals surface area contributed by atoms with Gasteiger partial charge in [0.25, 0.3) is 0 Å². The molecule has 0 fully saturated rings. The first kappa shape index (κ1) is 15.1. The number of nitrogens with one attached hydrogen (secondary N) is 1. The molecule has 5 heteroatoms. The third kappa shape index (κ3) is 3.86. The van der Waals surface area contributed by atoms with E-state index in [-0.39, 0.29) is 11.7 Å². The molecule has 2 aromatic rings. The summed E-state index contributed by atoms with van der Waals surface area (Å²) in [7, 11) is 1.97. The van der Waals surface area contributed by atoms with E-state index in [2.05, 4.69) is 5.32 Å².